The van der Waals surface area contributed by atoms with Gasteiger partial charge in [-0.05, 0) is 42.9 Å². The van der Waals surface area contributed by atoms with Crippen molar-refractivity contribution in [1.29, 1.82) is 5.26 Å². The van der Waals surface area contributed by atoms with Gasteiger partial charge >= 0.3 is 0 Å². The summed E-state index contributed by atoms with van der Waals surface area (Å²) >= 11 is 1.71. The van der Waals surface area contributed by atoms with Crippen LogP contribution in [-0.4, -0.2) is 40.3 Å². The summed E-state index contributed by atoms with van der Waals surface area (Å²) in [6.45, 7) is 6.25. The Kier molecular flexibility index (Phi) is 5.74. The van der Waals surface area contributed by atoms with E-state index in [0.29, 0.717) is 13.1 Å². The summed E-state index contributed by atoms with van der Waals surface area (Å²) in [6.07, 6.45) is 5.50. The number of carbonyl (C=O) groups is 1. The van der Waals surface area contributed by atoms with E-state index in [1.165, 1.54) is 16.0 Å². The molecule has 2 aromatic heterocycles. The first-order valence-corrected chi connectivity index (χ1v) is 11.0. The van der Waals surface area contributed by atoms with Crippen LogP contribution in [0.3, 0.4) is 0 Å². The Morgan fingerprint density at radius 1 is 1.32 bits per heavy atom. The first kappa shape index (κ1) is 19.1. The molecule has 1 amide bonds. The number of aryl methyl sites for hydroxylation is 1. The second kappa shape index (κ2) is 8.42. The van der Waals surface area contributed by atoms with Gasteiger partial charge in [-0.1, -0.05) is 13.0 Å². The number of thiophene rings is 1. The normalized spacial score (nSPS) is 17.9. The number of aromatic nitrogens is 1. The highest BCUT2D eigenvalue weighted by Crippen LogP contribution is 2.31. The molecule has 28 heavy (non-hydrogen) atoms. The molecule has 4 rings (SSSR count). The van der Waals surface area contributed by atoms with E-state index in [4.69, 9.17) is 5.26 Å². The zero-order valence-corrected chi connectivity index (χ0v) is 17.2. The summed E-state index contributed by atoms with van der Waals surface area (Å²) in [5, 5.41) is 11.1. The molecule has 0 bridgehead atoms. The molecule has 0 saturated carbocycles. The van der Waals surface area contributed by atoms with Crippen molar-refractivity contribution in [3.8, 4) is 6.07 Å². The maximum absolute atomic E-state index is 13.0. The van der Waals surface area contributed by atoms with Crippen LogP contribution in [0, 0.1) is 17.2 Å². The topological polar surface area (TPSA) is 60.2 Å². The minimum Gasteiger partial charge on any atom is -0.339 e. The molecular formula is C22H26N4OS. The summed E-state index contributed by atoms with van der Waals surface area (Å²) in [7, 11) is 0. The minimum atomic E-state index is 0.106. The lowest BCUT2D eigenvalue weighted by Gasteiger charge is -2.30. The van der Waals surface area contributed by atoms with Crippen LogP contribution < -0.4 is 0 Å². The average molecular weight is 395 g/mol. The van der Waals surface area contributed by atoms with Crippen molar-refractivity contribution in [1.82, 2.24) is 14.8 Å². The van der Waals surface area contributed by atoms with E-state index in [0.717, 1.165) is 56.6 Å². The fourth-order valence-electron chi connectivity index (χ4n) is 4.06. The number of piperidine rings is 1. The van der Waals surface area contributed by atoms with Crippen molar-refractivity contribution in [3.05, 3.63) is 51.0 Å². The Morgan fingerprint density at radius 2 is 2.14 bits per heavy atom. The first-order valence-electron chi connectivity index (χ1n) is 10.1. The first-order chi connectivity index (χ1) is 13.7. The van der Waals surface area contributed by atoms with Crippen LogP contribution in [0.2, 0.25) is 0 Å². The summed E-state index contributed by atoms with van der Waals surface area (Å²) in [5.41, 5.74) is 4.50. The maximum atomic E-state index is 13.0. The van der Waals surface area contributed by atoms with Crippen LogP contribution in [0.15, 0.2) is 23.7 Å². The molecule has 0 atom stereocenters. The third-order valence-electron chi connectivity index (χ3n) is 5.90. The molecule has 0 spiro atoms. The Bertz CT molecular complexity index is 875. The van der Waals surface area contributed by atoms with E-state index in [1.807, 2.05) is 16.5 Å². The maximum Gasteiger partial charge on any atom is 0.254 e. The highest BCUT2D eigenvalue weighted by atomic mass is 32.1. The van der Waals surface area contributed by atoms with Gasteiger partial charge in [-0.25, -0.2) is 0 Å². The number of rotatable bonds is 4. The van der Waals surface area contributed by atoms with Crippen LogP contribution in [-0.2, 0) is 25.9 Å². The van der Waals surface area contributed by atoms with E-state index >= 15 is 0 Å². The number of nitrogens with zero attached hydrogens (tertiary/aromatic N) is 4. The van der Waals surface area contributed by atoms with Gasteiger partial charge in [0.15, 0.2) is 0 Å². The number of pyridine rings is 1. The largest absolute Gasteiger partial charge is 0.339 e. The third kappa shape index (κ3) is 3.96. The van der Waals surface area contributed by atoms with Crippen molar-refractivity contribution < 1.29 is 4.79 Å². The molecule has 1 fully saturated rings. The fourth-order valence-corrected chi connectivity index (χ4v) is 5.18. The summed E-state index contributed by atoms with van der Waals surface area (Å²) in [5.74, 6) is 0.258. The predicted octanol–water partition coefficient (Wildman–Crippen LogP) is 3.64. The van der Waals surface area contributed by atoms with Crippen molar-refractivity contribution in [2.45, 2.75) is 45.7 Å². The molecule has 4 heterocycles. The van der Waals surface area contributed by atoms with Crippen LogP contribution >= 0.6 is 11.3 Å². The van der Waals surface area contributed by atoms with E-state index in [-0.39, 0.29) is 11.8 Å². The molecule has 2 aliphatic heterocycles. The summed E-state index contributed by atoms with van der Waals surface area (Å²) in [4.78, 5) is 23.2. The lowest BCUT2D eigenvalue weighted by molar-refractivity contribution is 0.0706. The van der Waals surface area contributed by atoms with Gasteiger partial charge in [-0.3, -0.25) is 14.7 Å². The molecule has 0 unspecified atom stereocenters. The van der Waals surface area contributed by atoms with E-state index < -0.39 is 0 Å². The van der Waals surface area contributed by atoms with Crippen LogP contribution in [0.25, 0.3) is 0 Å². The second-order valence-electron chi connectivity index (χ2n) is 7.72. The molecule has 0 aliphatic carbocycles. The van der Waals surface area contributed by atoms with Gasteiger partial charge in [0.2, 0.25) is 0 Å². The lowest BCUT2D eigenvalue weighted by Crippen LogP contribution is -2.39. The van der Waals surface area contributed by atoms with Crippen LogP contribution in [0.1, 0.15) is 51.8 Å². The molecule has 146 valence electrons. The molecule has 0 aromatic carbocycles. The smallest absolute Gasteiger partial charge is 0.254 e. The molecule has 0 N–H and O–H groups in total. The van der Waals surface area contributed by atoms with E-state index in [2.05, 4.69) is 35.0 Å². The Hall–Kier alpha value is -2.23. The highest BCUT2D eigenvalue weighted by Gasteiger charge is 2.28. The molecule has 2 aliphatic rings. The average Bonchev–Trinajstić information content (AvgIpc) is 3.17. The molecule has 1 saturated heterocycles. The van der Waals surface area contributed by atoms with Gasteiger partial charge in [-0.15, -0.1) is 11.3 Å². The van der Waals surface area contributed by atoms with Crippen LogP contribution in [0.4, 0.5) is 0 Å². The fraction of sp³-hybridized carbons (Fsp3) is 0.500. The number of carbonyl (C=O) groups excluding carboxylic acids is 1. The standard InChI is InChI=1S/C22H26N4OS/c1-2-16-3-4-18(24-12-16)13-25-8-7-19-20(15-28-21(19)14-25)22(27)26-9-5-17(11-23)6-10-26/h3-4,12,15,17H,2,5-10,13-14H2,1H3. The molecule has 2 aromatic rings. The Labute approximate surface area is 170 Å². The van der Waals surface area contributed by atoms with Gasteiger partial charge in [0.1, 0.15) is 0 Å². The minimum absolute atomic E-state index is 0.106. The number of fused-ring (bicyclic) bond motifs is 1. The number of hydrogen-bond acceptors (Lipinski definition) is 5. The number of hydrogen-bond donors (Lipinski definition) is 0. The van der Waals surface area contributed by atoms with Crippen molar-refractivity contribution in [2.75, 3.05) is 19.6 Å². The number of amides is 1. The second-order valence-corrected chi connectivity index (χ2v) is 8.68. The molecule has 5 nitrogen and oxygen atoms in total. The van der Waals surface area contributed by atoms with E-state index in [9.17, 15) is 4.79 Å². The van der Waals surface area contributed by atoms with Gasteiger partial charge in [0, 0.05) is 55.1 Å². The van der Waals surface area contributed by atoms with Gasteiger partial charge in [0.05, 0.1) is 17.3 Å². The Balaban J connectivity index is 1.40. The van der Waals surface area contributed by atoms with E-state index in [1.54, 1.807) is 11.3 Å². The highest BCUT2D eigenvalue weighted by molar-refractivity contribution is 7.10. The monoisotopic (exact) mass is 394 g/mol. The number of nitriles is 1. The molecule has 6 heteroatoms. The lowest BCUT2D eigenvalue weighted by atomic mass is 9.97. The third-order valence-corrected chi connectivity index (χ3v) is 6.91. The number of likely N-dealkylation sites (tertiary alicyclic amines) is 1. The Morgan fingerprint density at radius 3 is 2.82 bits per heavy atom. The van der Waals surface area contributed by atoms with Crippen molar-refractivity contribution >= 4 is 17.2 Å². The molecular weight excluding hydrogens is 368 g/mol. The zero-order valence-electron chi connectivity index (χ0n) is 16.4. The molecule has 0 radical (unpaired) electrons. The van der Waals surface area contributed by atoms with Crippen molar-refractivity contribution in [2.24, 2.45) is 5.92 Å². The van der Waals surface area contributed by atoms with Gasteiger partial charge in [0.25, 0.3) is 5.91 Å². The van der Waals surface area contributed by atoms with Gasteiger partial charge in [-0.2, -0.15) is 5.26 Å². The van der Waals surface area contributed by atoms with Gasteiger partial charge < -0.3 is 4.90 Å². The van der Waals surface area contributed by atoms with Crippen molar-refractivity contribution in [3.63, 3.8) is 0 Å². The van der Waals surface area contributed by atoms with Crippen LogP contribution in [0.5, 0.6) is 0 Å². The quantitative estimate of drug-likeness (QED) is 0.794. The summed E-state index contributed by atoms with van der Waals surface area (Å²) in [6, 6.07) is 6.62. The zero-order chi connectivity index (χ0) is 19.5. The predicted molar refractivity (Wildman–Crippen MR) is 110 cm³/mol. The SMILES string of the molecule is CCc1ccc(CN2CCc3c(C(=O)N4CCC(C#N)CC4)csc3C2)nc1. The summed E-state index contributed by atoms with van der Waals surface area (Å²) < 4.78 is 0.